The Hall–Kier alpha value is -2.30. The van der Waals surface area contributed by atoms with Gasteiger partial charge in [0.15, 0.2) is 0 Å². The Bertz CT molecular complexity index is 745. The summed E-state index contributed by atoms with van der Waals surface area (Å²) in [6, 6.07) is 6.25. The van der Waals surface area contributed by atoms with Crippen LogP contribution in [-0.2, 0) is 4.79 Å². The van der Waals surface area contributed by atoms with Gasteiger partial charge in [0.05, 0.1) is 12.8 Å². The average Bonchev–Trinajstić information content (AvgIpc) is 2.61. The number of piperidine rings is 1. The van der Waals surface area contributed by atoms with Gasteiger partial charge in [0.25, 0.3) is 0 Å². The number of carbonyl (C=O) groups is 1. The van der Waals surface area contributed by atoms with Crippen LogP contribution in [0.3, 0.4) is 0 Å². The van der Waals surface area contributed by atoms with E-state index < -0.39 is 0 Å². The maximum Gasteiger partial charge on any atom is 0.219 e. The first-order valence-electron chi connectivity index (χ1n) is 8.60. The molecule has 0 saturated carbocycles. The number of fused-ring (bicyclic) bond motifs is 1. The Labute approximate surface area is 143 Å². The Morgan fingerprint density at radius 2 is 2.29 bits per heavy atom. The topological polar surface area (TPSA) is 54.5 Å². The van der Waals surface area contributed by atoms with Crippen molar-refractivity contribution in [2.45, 2.75) is 39.2 Å². The van der Waals surface area contributed by atoms with Crippen molar-refractivity contribution >= 4 is 22.5 Å². The van der Waals surface area contributed by atoms with Crippen LogP contribution < -0.4 is 15.0 Å². The molecule has 1 aromatic carbocycles. The zero-order valence-corrected chi connectivity index (χ0v) is 14.6. The highest BCUT2D eigenvalue weighted by molar-refractivity contribution is 5.96. The highest BCUT2D eigenvalue weighted by Crippen LogP contribution is 2.34. The number of methoxy groups -OCH3 is 1. The maximum absolute atomic E-state index is 11.7. The van der Waals surface area contributed by atoms with Crippen molar-refractivity contribution in [2.75, 3.05) is 25.1 Å². The number of aryl methyl sites for hydroxylation is 1. The van der Waals surface area contributed by atoms with Gasteiger partial charge in [-0.05, 0) is 31.4 Å². The van der Waals surface area contributed by atoms with E-state index in [1.807, 2.05) is 25.3 Å². The lowest BCUT2D eigenvalue weighted by molar-refractivity contribution is -0.121. The summed E-state index contributed by atoms with van der Waals surface area (Å²) in [5, 5.41) is 4.25. The normalized spacial score (nSPS) is 17.8. The molecule has 0 spiro atoms. The van der Waals surface area contributed by atoms with Crippen molar-refractivity contribution in [2.24, 2.45) is 0 Å². The number of pyridine rings is 1. The summed E-state index contributed by atoms with van der Waals surface area (Å²) in [5.74, 6) is 0.918. The van der Waals surface area contributed by atoms with Crippen LogP contribution in [0.25, 0.3) is 10.9 Å². The Morgan fingerprint density at radius 1 is 1.46 bits per heavy atom. The number of nitrogens with zero attached hydrogens (tertiary/aromatic N) is 2. The molecular formula is C19H25N3O2. The predicted octanol–water partition coefficient (Wildman–Crippen LogP) is 3.05. The number of nitrogens with one attached hydrogen (secondary N) is 1. The Balaban J connectivity index is 1.96. The molecule has 1 atom stereocenters. The highest BCUT2D eigenvalue weighted by atomic mass is 16.5. The van der Waals surface area contributed by atoms with Gasteiger partial charge in [-0.25, -0.2) is 0 Å². The molecule has 1 N–H and O–H groups in total. The molecule has 24 heavy (non-hydrogen) atoms. The molecule has 0 radical (unpaired) electrons. The number of amides is 1. The number of carbonyl (C=O) groups excluding carboxylic acids is 1. The minimum atomic E-state index is 0.125. The summed E-state index contributed by atoms with van der Waals surface area (Å²) in [7, 11) is 1.67. The van der Waals surface area contributed by atoms with Crippen molar-refractivity contribution in [3.05, 3.63) is 30.0 Å². The molecule has 5 heteroatoms. The zero-order chi connectivity index (χ0) is 17.1. The minimum absolute atomic E-state index is 0.125. The first kappa shape index (κ1) is 16.6. The van der Waals surface area contributed by atoms with Crippen molar-refractivity contribution < 1.29 is 9.53 Å². The fourth-order valence-corrected chi connectivity index (χ4v) is 3.49. The number of aromatic nitrogens is 1. The predicted molar refractivity (Wildman–Crippen MR) is 96.7 cm³/mol. The smallest absolute Gasteiger partial charge is 0.219 e. The minimum Gasteiger partial charge on any atom is -0.494 e. The molecule has 1 aromatic heterocycles. The van der Waals surface area contributed by atoms with Crippen LogP contribution in [0.1, 0.15) is 31.7 Å². The first-order valence-corrected chi connectivity index (χ1v) is 8.60. The van der Waals surface area contributed by atoms with E-state index in [1.165, 1.54) is 5.69 Å². The highest BCUT2D eigenvalue weighted by Gasteiger charge is 2.24. The average molecular weight is 327 g/mol. The quantitative estimate of drug-likeness (QED) is 0.938. The van der Waals surface area contributed by atoms with E-state index in [0.29, 0.717) is 6.42 Å². The summed E-state index contributed by atoms with van der Waals surface area (Å²) < 4.78 is 5.46. The molecule has 1 aliphatic rings. The third-order valence-electron chi connectivity index (χ3n) is 4.66. The standard InChI is InChI=1S/C19H25N3O2/c1-4-17(23)21-14-7-6-10-22(12-14)19-13(2)11-20-18-15(19)8-5-9-16(18)24-3/h5,8-9,11,14H,4,6-7,10,12H2,1-3H3,(H,21,23)/t14-/m0/s1. The van der Waals surface area contributed by atoms with Crippen LogP contribution in [0.5, 0.6) is 5.75 Å². The summed E-state index contributed by atoms with van der Waals surface area (Å²) in [6.45, 7) is 5.82. The lowest BCUT2D eigenvalue weighted by Crippen LogP contribution is -2.47. The molecule has 3 rings (SSSR count). The van der Waals surface area contributed by atoms with Gasteiger partial charge in [0, 0.05) is 37.1 Å². The van der Waals surface area contributed by atoms with Gasteiger partial charge in [-0.15, -0.1) is 0 Å². The summed E-state index contributed by atoms with van der Waals surface area (Å²) in [6.07, 6.45) is 4.55. The van der Waals surface area contributed by atoms with Crippen LogP contribution in [-0.4, -0.2) is 37.1 Å². The zero-order valence-electron chi connectivity index (χ0n) is 14.6. The van der Waals surface area contributed by atoms with E-state index in [2.05, 4.69) is 28.2 Å². The van der Waals surface area contributed by atoms with Gasteiger partial charge in [0.2, 0.25) is 5.91 Å². The lowest BCUT2D eigenvalue weighted by Gasteiger charge is -2.36. The van der Waals surface area contributed by atoms with E-state index in [0.717, 1.165) is 48.1 Å². The molecule has 2 aromatic rings. The monoisotopic (exact) mass is 327 g/mol. The third-order valence-corrected chi connectivity index (χ3v) is 4.66. The van der Waals surface area contributed by atoms with E-state index in [9.17, 15) is 4.79 Å². The van der Waals surface area contributed by atoms with Gasteiger partial charge in [0.1, 0.15) is 11.3 Å². The Kier molecular flexibility index (Phi) is 4.88. The van der Waals surface area contributed by atoms with E-state index in [-0.39, 0.29) is 11.9 Å². The number of hydrogen-bond acceptors (Lipinski definition) is 4. The molecule has 1 amide bonds. The van der Waals surface area contributed by atoms with Crippen molar-refractivity contribution in [1.82, 2.24) is 10.3 Å². The van der Waals surface area contributed by atoms with Gasteiger partial charge in [-0.3, -0.25) is 9.78 Å². The van der Waals surface area contributed by atoms with Crippen LogP contribution in [0.15, 0.2) is 24.4 Å². The molecule has 1 saturated heterocycles. The van der Waals surface area contributed by atoms with Crippen molar-refractivity contribution in [3.63, 3.8) is 0 Å². The largest absolute Gasteiger partial charge is 0.494 e. The molecule has 128 valence electrons. The molecule has 2 heterocycles. The van der Waals surface area contributed by atoms with Crippen molar-refractivity contribution in [1.29, 1.82) is 0 Å². The second-order valence-corrected chi connectivity index (χ2v) is 6.35. The van der Waals surface area contributed by atoms with Gasteiger partial charge < -0.3 is 15.0 Å². The van der Waals surface area contributed by atoms with Crippen molar-refractivity contribution in [3.8, 4) is 5.75 Å². The van der Waals surface area contributed by atoms with Gasteiger partial charge >= 0.3 is 0 Å². The SMILES string of the molecule is CCC(=O)N[C@H]1CCCN(c2c(C)cnc3c(OC)cccc23)C1. The summed E-state index contributed by atoms with van der Waals surface area (Å²) in [5.41, 5.74) is 3.24. The maximum atomic E-state index is 11.7. The van der Waals surface area contributed by atoms with E-state index >= 15 is 0 Å². The fraction of sp³-hybridized carbons (Fsp3) is 0.474. The molecular weight excluding hydrogens is 302 g/mol. The molecule has 0 unspecified atom stereocenters. The van der Waals surface area contributed by atoms with E-state index in [4.69, 9.17) is 4.74 Å². The Morgan fingerprint density at radius 3 is 3.04 bits per heavy atom. The second-order valence-electron chi connectivity index (χ2n) is 6.35. The number of hydrogen-bond donors (Lipinski definition) is 1. The first-order chi connectivity index (χ1) is 11.6. The molecule has 0 aliphatic carbocycles. The number of benzene rings is 1. The molecule has 1 aliphatic heterocycles. The van der Waals surface area contributed by atoms with Crippen LogP contribution in [0.2, 0.25) is 0 Å². The van der Waals surface area contributed by atoms with Crippen LogP contribution in [0.4, 0.5) is 5.69 Å². The van der Waals surface area contributed by atoms with Crippen LogP contribution in [0, 0.1) is 6.92 Å². The van der Waals surface area contributed by atoms with Gasteiger partial charge in [-0.2, -0.15) is 0 Å². The second kappa shape index (κ2) is 7.07. The lowest BCUT2D eigenvalue weighted by atomic mass is 10.0. The number of para-hydroxylation sites is 1. The van der Waals surface area contributed by atoms with Gasteiger partial charge in [-0.1, -0.05) is 19.1 Å². The molecule has 0 bridgehead atoms. The summed E-state index contributed by atoms with van der Waals surface area (Å²) in [4.78, 5) is 18.7. The number of anilines is 1. The third kappa shape index (κ3) is 3.16. The summed E-state index contributed by atoms with van der Waals surface area (Å²) >= 11 is 0. The molecule has 1 fully saturated rings. The fourth-order valence-electron chi connectivity index (χ4n) is 3.49. The van der Waals surface area contributed by atoms with E-state index in [1.54, 1.807) is 7.11 Å². The number of ether oxygens (including phenoxy) is 1. The number of rotatable bonds is 4. The van der Waals surface area contributed by atoms with Crippen LogP contribution >= 0.6 is 0 Å². The molecule has 5 nitrogen and oxygen atoms in total.